The van der Waals surface area contributed by atoms with E-state index in [0.717, 1.165) is 36.9 Å². The highest BCUT2D eigenvalue weighted by Gasteiger charge is 2.53. The molecule has 3 fully saturated rings. The summed E-state index contributed by atoms with van der Waals surface area (Å²) in [6, 6.07) is 0. The largest absolute Gasteiger partial charge is 0.381 e. The van der Waals surface area contributed by atoms with Crippen molar-refractivity contribution in [2.45, 2.75) is 32.5 Å². The van der Waals surface area contributed by atoms with Crippen LogP contribution in [0, 0.1) is 23.7 Å². The monoisotopic (exact) mass is 182 g/mol. The lowest BCUT2D eigenvalue weighted by Gasteiger charge is -2.14. The van der Waals surface area contributed by atoms with Crippen molar-refractivity contribution in [2.75, 3.05) is 13.2 Å². The molecule has 3 aliphatic rings. The van der Waals surface area contributed by atoms with Gasteiger partial charge in [-0.1, -0.05) is 6.92 Å². The van der Waals surface area contributed by atoms with Crippen molar-refractivity contribution in [3.63, 3.8) is 0 Å². The quantitative estimate of drug-likeness (QED) is 0.576. The van der Waals surface area contributed by atoms with E-state index in [4.69, 9.17) is 9.47 Å². The summed E-state index contributed by atoms with van der Waals surface area (Å²) < 4.78 is 11.2. The summed E-state index contributed by atoms with van der Waals surface area (Å²) in [5.74, 6) is 3.30. The first-order valence-corrected chi connectivity index (χ1v) is 5.50. The van der Waals surface area contributed by atoms with Gasteiger partial charge in [-0.15, -0.1) is 0 Å². The zero-order valence-corrected chi connectivity index (χ0v) is 8.40. The van der Waals surface area contributed by atoms with E-state index in [1.165, 1.54) is 6.42 Å². The van der Waals surface area contributed by atoms with Crippen LogP contribution in [0.25, 0.3) is 0 Å². The Morgan fingerprint density at radius 1 is 1.00 bits per heavy atom. The molecular weight excluding hydrogens is 164 g/mol. The summed E-state index contributed by atoms with van der Waals surface area (Å²) in [5, 5.41) is 0. The summed E-state index contributed by atoms with van der Waals surface area (Å²) in [6.45, 7) is 6.56. The molecule has 2 saturated heterocycles. The van der Waals surface area contributed by atoms with Gasteiger partial charge in [-0.05, 0) is 37.0 Å². The number of hydrogen-bond donors (Lipinski definition) is 0. The highest BCUT2D eigenvalue weighted by atomic mass is 16.6. The third-order valence-electron chi connectivity index (χ3n) is 4.28. The van der Waals surface area contributed by atoms with Crippen LogP contribution in [0.5, 0.6) is 0 Å². The SMILES string of the molecule is CC1CC(C2OC2C)C2COCC12. The molecule has 1 saturated carbocycles. The van der Waals surface area contributed by atoms with E-state index >= 15 is 0 Å². The summed E-state index contributed by atoms with van der Waals surface area (Å²) in [7, 11) is 0. The van der Waals surface area contributed by atoms with Crippen molar-refractivity contribution in [1.82, 2.24) is 0 Å². The Morgan fingerprint density at radius 3 is 2.38 bits per heavy atom. The maximum absolute atomic E-state index is 5.60. The average molecular weight is 182 g/mol. The molecule has 0 aromatic heterocycles. The average Bonchev–Trinajstić information content (AvgIpc) is 2.60. The molecule has 6 atom stereocenters. The molecule has 0 aromatic rings. The summed E-state index contributed by atoms with van der Waals surface area (Å²) >= 11 is 0. The molecular formula is C11H18O2. The van der Waals surface area contributed by atoms with Crippen LogP contribution in [0.2, 0.25) is 0 Å². The first-order chi connectivity index (χ1) is 6.27. The molecule has 0 spiro atoms. The van der Waals surface area contributed by atoms with Crippen molar-refractivity contribution in [3.8, 4) is 0 Å². The van der Waals surface area contributed by atoms with Crippen molar-refractivity contribution < 1.29 is 9.47 Å². The van der Waals surface area contributed by atoms with Gasteiger partial charge in [0.15, 0.2) is 0 Å². The Morgan fingerprint density at radius 2 is 1.69 bits per heavy atom. The molecule has 2 heteroatoms. The Hall–Kier alpha value is -0.0800. The topological polar surface area (TPSA) is 21.8 Å². The molecule has 2 aliphatic heterocycles. The number of rotatable bonds is 1. The van der Waals surface area contributed by atoms with Crippen molar-refractivity contribution in [2.24, 2.45) is 23.7 Å². The van der Waals surface area contributed by atoms with E-state index < -0.39 is 0 Å². The fourth-order valence-corrected chi connectivity index (χ4v) is 3.42. The first kappa shape index (κ1) is 8.25. The lowest BCUT2D eigenvalue weighted by molar-refractivity contribution is 0.149. The van der Waals surface area contributed by atoms with Gasteiger partial charge in [-0.3, -0.25) is 0 Å². The van der Waals surface area contributed by atoms with Crippen LogP contribution < -0.4 is 0 Å². The number of fused-ring (bicyclic) bond motifs is 1. The zero-order valence-electron chi connectivity index (χ0n) is 8.40. The van der Waals surface area contributed by atoms with Gasteiger partial charge in [0.2, 0.25) is 0 Å². The molecule has 74 valence electrons. The Labute approximate surface area is 79.6 Å². The van der Waals surface area contributed by atoms with E-state index in [1.54, 1.807) is 0 Å². The summed E-state index contributed by atoms with van der Waals surface area (Å²) in [6.07, 6.45) is 2.46. The Bertz CT molecular complexity index is 216. The van der Waals surface area contributed by atoms with Gasteiger partial charge in [0, 0.05) is 0 Å². The van der Waals surface area contributed by atoms with Crippen molar-refractivity contribution >= 4 is 0 Å². The second kappa shape index (κ2) is 2.71. The van der Waals surface area contributed by atoms with E-state index in [1.807, 2.05) is 0 Å². The predicted molar refractivity (Wildman–Crippen MR) is 49.4 cm³/mol. The minimum atomic E-state index is 0.525. The van der Waals surface area contributed by atoms with Crippen LogP contribution in [0.1, 0.15) is 20.3 Å². The molecule has 3 rings (SSSR count). The van der Waals surface area contributed by atoms with Gasteiger partial charge in [0.1, 0.15) is 0 Å². The van der Waals surface area contributed by atoms with Crippen molar-refractivity contribution in [3.05, 3.63) is 0 Å². The molecule has 13 heavy (non-hydrogen) atoms. The zero-order chi connectivity index (χ0) is 9.00. The van der Waals surface area contributed by atoms with Crippen LogP contribution in [-0.4, -0.2) is 25.4 Å². The predicted octanol–water partition coefficient (Wildman–Crippen LogP) is 1.69. The minimum Gasteiger partial charge on any atom is -0.381 e. The molecule has 0 bridgehead atoms. The van der Waals surface area contributed by atoms with Crippen LogP contribution >= 0.6 is 0 Å². The van der Waals surface area contributed by atoms with Gasteiger partial charge in [0.05, 0.1) is 25.4 Å². The van der Waals surface area contributed by atoms with Crippen LogP contribution in [-0.2, 0) is 9.47 Å². The molecule has 6 unspecified atom stereocenters. The van der Waals surface area contributed by atoms with Gasteiger partial charge < -0.3 is 9.47 Å². The second-order valence-corrected chi connectivity index (χ2v) is 5.05. The fourth-order valence-electron chi connectivity index (χ4n) is 3.42. The molecule has 0 amide bonds. The van der Waals surface area contributed by atoms with Gasteiger partial charge in [-0.25, -0.2) is 0 Å². The number of ether oxygens (including phenoxy) is 2. The number of hydrogen-bond acceptors (Lipinski definition) is 2. The maximum atomic E-state index is 5.60. The van der Waals surface area contributed by atoms with Gasteiger partial charge in [-0.2, -0.15) is 0 Å². The summed E-state index contributed by atoms with van der Waals surface area (Å²) in [4.78, 5) is 0. The van der Waals surface area contributed by atoms with Crippen molar-refractivity contribution in [1.29, 1.82) is 0 Å². The maximum Gasteiger partial charge on any atom is 0.0870 e. The molecule has 0 N–H and O–H groups in total. The van der Waals surface area contributed by atoms with E-state index in [2.05, 4.69) is 13.8 Å². The molecule has 1 aliphatic carbocycles. The van der Waals surface area contributed by atoms with Crippen LogP contribution in [0.15, 0.2) is 0 Å². The Kier molecular flexibility index (Phi) is 1.72. The molecule has 2 nitrogen and oxygen atoms in total. The third kappa shape index (κ3) is 1.15. The van der Waals surface area contributed by atoms with E-state index in [9.17, 15) is 0 Å². The smallest absolute Gasteiger partial charge is 0.0870 e. The number of epoxide rings is 1. The van der Waals surface area contributed by atoms with Crippen LogP contribution in [0.4, 0.5) is 0 Å². The second-order valence-electron chi connectivity index (χ2n) is 5.05. The van der Waals surface area contributed by atoms with E-state index in [0.29, 0.717) is 12.2 Å². The lowest BCUT2D eigenvalue weighted by Crippen LogP contribution is -2.19. The normalized spacial score (nSPS) is 59.5. The van der Waals surface area contributed by atoms with E-state index in [-0.39, 0.29) is 0 Å². The molecule has 0 radical (unpaired) electrons. The molecule has 0 aromatic carbocycles. The van der Waals surface area contributed by atoms with Crippen LogP contribution in [0.3, 0.4) is 0 Å². The Balaban J connectivity index is 1.75. The minimum absolute atomic E-state index is 0.525. The molecule has 2 heterocycles. The summed E-state index contributed by atoms with van der Waals surface area (Å²) in [5.41, 5.74) is 0. The lowest BCUT2D eigenvalue weighted by atomic mass is 9.88. The van der Waals surface area contributed by atoms with Gasteiger partial charge >= 0.3 is 0 Å². The highest BCUT2D eigenvalue weighted by Crippen LogP contribution is 2.50. The fraction of sp³-hybridized carbons (Fsp3) is 1.00. The third-order valence-corrected chi connectivity index (χ3v) is 4.28. The highest BCUT2D eigenvalue weighted by molar-refractivity contribution is 5.00. The first-order valence-electron chi connectivity index (χ1n) is 5.50. The van der Waals surface area contributed by atoms with Gasteiger partial charge in [0.25, 0.3) is 0 Å². The standard InChI is InChI=1S/C11H18O2/c1-6-3-8(11-7(2)13-11)10-5-12-4-9(6)10/h6-11H,3-5H2,1-2H3.